The summed E-state index contributed by atoms with van der Waals surface area (Å²) in [6, 6.07) is 6.34. The summed E-state index contributed by atoms with van der Waals surface area (Å²) in [6.45, 7) is 3.09. The molecule has 0 amide bonds. The topological polar surface area (TPSA) is 12.0 Å². The van der Waals surface area contributed by atoms with E-state index in [1.807, 2.05) is 0 Å². The second kappa shape index (κ2) is 2.42. The van der Waals surface area contributed by atoms with Crippen molar-refractivity contribution in [2.75, 3.05) is 11.9 Å². The molecule has 56 valence electrons. The highest BCUT2D eigenvalue weighted by Crippen LogP contribution is 2.23. The molecule has 1 N–H and O–H groups in total. The predicted molar refractivity (Wildman–Crippen MR) is 48.7 cm³/mol. The number of rotatable bonds is 0. The maximum Gasteiger partial charge on any atom is 0.0418 e. The van der Waals surface area contributed by atoms with Crippen LogP contribution in [0.15, 0.2) is 24.3 Å². The Balaban J connectivity index is 2.60. The van der Waals surface area contributed by atoms with Crippen LogP contribution < -0.4 is 5.32 Å². The molecule has 1 aliphatic rings. The Morgan fingerprint density at radius 3 is 3.09 bits per heavy atom. The largest absolute Gasteiger partial charge is 0.381 e. The maximum atomic E-state index is 3.32. The van der Waals surface area contributed by atoms with Gasteiger partial charge in [0.1, 0.15) is 0 Å². The van der Waals surface area contributed by atoms with Crippen LogP contribution in [0.5, 0.6) is 0 Å². The van der Waals surface area contributed by atoms with Crippen LogP contribution in [0.25, 0.3) is 6.08 Å². The molecule has 0 fully saturated rings. The van der Waals surface area contributed by atoms with Crippen molar-refractivity contribution >= 4 is 11.8 Å². The van der Waals surface area contributed by atoms with Crippen LogP contribution in [0, 0.1) is 6.92 Å². The van der Waals surface area contributed by atoms with Crippen LogP contribution in [-0.2, 0) is 0 Å². The fraction of sp³-hybridized carbons (Fsp3) is 0.200. The minimum Gasteiger partial charge on any atom is -0.381 e. The minimum atomic E-state index is 0.955. The van der Waals surface area contributed by atoms with Crippen LogP contribution in [0.2, 0.25) is 0 Å². The molecule has 0 saturated heterocycles. The summed E-state index contributed by atoms with van der Waals surface area (Å²) >= 11 is 0. The summed E-state index contributed by atoms with van der Waals surface area (Å²) < 4.78 is 0. The average Bonchev–Trinajstić information content (AvgIpc) is 2.06. The summed E-state index contributed by atoms with van der Waals surface area (Å²) in [4.78, 5) is 0. The van der Waals surface area contributed by atoms with Crippen molar-refractivity contribution in [2.45, 2.75) is 6.92 Å². The van der Waals surface area contributed by atoms with Crippen molar-refractivity contribution in [3.05, 3.63) is 35.4 Å². The van der Waals surface area contributed by atoms with Gasteiger partial charge in [-0.2, -0.15) is 0 Å². The van der Waals surface area contributed by atoms with E-state index in [1.54, 1.807) is 0 Å². The van der Waals surface area contributed by atoms with Gasteiger partial charge >= 0.3 is 0 Å². The quantitative estimate of drug-likeness (QED) is 0.591. The van der Waals surface area contributed by atoms with E-state index in [0.717, 1.165) is 6.54 Å². The van der Waals surface area contributed by atoms with Crippen molar-refractivity contribution in [1.29, 1.82) is 0 Å². The molecule has 0 aliphatic carbocycles. The smallest absolute Gasteiger partial charge is 0.0418 e. The lowest BCUT2D eigenvalue weighted by Gasteiger charge is -2.14. The van der Waals surface area contributed by atoms with Crippen molar-refractivity contribution in [1.82, 2.24) is 0 Å². The maximum absolute atomic E-state index is 3.32. The number of hydrogen-bond donors (Lipinski definition) is 1. The molecule has 1 heteroatoms. The van der Waals surface area contributed by atoms with Gasteiger partial charge in [-0.15, -0.1) is 0 Å². The average molecular weight is 145 g/mol. The molecule has 1 aliphatic heterocycles. The lowest BCUT2D eigenvalue weighted by atomic mass is 10.0. The Bertz CT molecular complexity index is 300. The third-order valence-electron chi connectivity index (χ3n) is 2.02. The lowest BCUT2D eigenvalue weighted by molar-refractivity contribution is 1.29. The van der Waals surface area contributed by atoms with Gasteiger partial charge in [-0.25, -0.2) is 0 Å². The normalized spacial score (nSPS) is 13.9. The van der Waals surface area contributed by atoms with Gasteiger partial charge in [-0.1, -0.05) is 24.3 Å². The van der Waals surface area contributed by atoms with E-state index in [1.165, 1.54) is 16.8 Å². The monoisotopic (exact) mass is 145 g/mol. The minimum absolute atomic E-state index is 0.955. The number of aryl methyl sites for hydroxylation is 1. The first-order chi connectivity index (χ1) is 5.38. The SMILES string of the molecule is Cc1cccc2c1C=CCN2. The van der Waals surface area contributed by atoms with Gasteiger partial charge in [0, 0.05) is 17.8 Å². The van der Waals surface area contributed by atoms with Gasteiger partial charge in [0.15, 0.2) is 0 Å². The fourth-order valence-electron chi connectivity index (χ4n) is 1.40. The fourth-order valence-corrected chi connectivity index (χ4v) is 1.40. The van der Waals surface area contributed by atoms with E-state index >= 15 is 0 Å². The molecular formula is C10H11N. The molecular weight excluding hydrogens is 134 g/mol. The first-order valence-electron chi connectivity index (χ1n) is 3.88. The van der Waals surface area contributed by atoms with Crippen LogP contribution in [-0.4, -0.2) is 6.54 Å². The zero-order chi connectivity index (χ0) is 7.68. The third-order valence-corrected chi connectivity index (χ3v) is 2.02. The molecule has 0 unspecified atom stereocenters. The molecule has 0 radical (unpaired) electrons. The second-order valence-corrected chi connectivity index (χ2v) is 2.82. The lowest BCUT2D eigenvalue weighted by Crippen LogP contribution is -2.04. The highest BCUT2D eigenvalue weighted by Gasteiger charge is 2.03. The second-order valence-electron chi connectivity index (χ2n) is 2.82. The summed E-state index contributed by atoms with van der Waals surface area (Å²) in [5, 5.41) is 3.32. The number of hydrogen-bond acceptors (Lipinski definition) is 1. The Morgan fingerprint density at radius 1 is 1.36 bits per heavy atom. The van der Waals surface area contributed by atoms with Crippen LogP contribution in [0.3, 0.4) is 0 Å². The van der Waals surface area contributed by atoms with E-state index in [4.69, 9.17) is 0 Å². The molecule has 0 bridgehead atoms. The highest BCUT2D eigenvalue weighted by molar-refractivity contribution is 5.72. The number of anilines is 1. The Labute approximate surface area is 66.7 Å². The highest BCUT2D eigenvalue weighted by atomic mass is 14.9. The molecule has 1 aromatic rings. The molecule has 1 nitrogen and oxygen atoms in total. The van der Waals surface area contributed by atoms with E-state index < -0.39 is 0 Å². The van der Waals surface area contributed by atoms with Gasteiger partial charge in [0.25, 0.3) is 0 Å². The molecule has 0 spiro atoms. The van der Waals surface area contributed by atoms with Gasteiger partial charge in [0.2, 0.25) is 0 Å². The Morgan fingerprint density at radius 2 is 2.27 bits per heavy atom. The first kappa shape index (κ1) is 6.47. The van der Waals surface area contributed by atoms with Crippen molar-refractivity contribution < 1.29 is 0 Å². The number of nitrogens with one attached hydrogen (secondary N) is 1. The molecule has 11 heavy (non-hydrogen) atoms. The molecule has 2 rings (SSSR count). The summed E-state index contributed by atoms with van der Waals surface area (Å²) in [5.41, 5.74) is 3.93. The van der Waals surface area contributed by atoms with E-state index in [2.05, 4.69) is 42.6 Å². The zero-order valence-corrected chi connectivity index (χ0v) is 6.59. The van der Waals surface area contributed by atoms with Crippen molar-refractivity contribution in [2.24, 2.45) is 0 Å². The van der Waals surface area contributed by atoms with Crippen LogP contribution >= 0.6 is 0 Å². The first-order valence-corrected chi connectivity index (χ1v) is 3.88. The predicted octanol–water partition coefficient (Wildman–Crippen LogP) is 2.43. The molecule has 0 atom stereocenters. The van der Waals surface area contributed by atoms with Crippen molar-refractivity contribution in [3.8, 4) is 0 Å². The molecule has 0 saturated carbocycles. The van der Waals surface area contributed by atoms with Crippen LogP contribution in [0.1, 0.15) is 11.1 Å². The van der Waals surface area contributed by atoms with Gasteiger partial charge in [-0.3, -0.25) is 0 Å². The van der Waals surface area contributed by atoms with E-state index in [0.29, 0.717) is 0 Å². The standard InChI is InChI=1S/C10H11N/c1-8-4-2-6-10-9(8)5-3-7-11-10/h2-6,11H,7H2,1H3. The Hall–Kier alpha value is -1.24. The molecule has 1 heterocycles. The summed E-state index contributed by atoms with van der Waals surface area (Å²) in [6.07, 6.45) is 4.33. The number of benzene rings is 1. The van der Waals surface area contributed by atoms with E-state index in [9.17, 15) is 0 Å². The van der Waals surface area contributed by atoms with Gasteiger partial charge < -0.3 is 5.32 Å². The van der Waals surface area contributed by atoms with Gasteiger partial charge in [0.05, 0.1) is 0 Å². The third kappa shape index (κ3) is 1.03. The summed E-state index contributed by atoms with van der Waals surface area (Å²) in [5.74, 6) is 0. The summed E-state index contributed by atoms with van der Waals surface area (Å²) in [7, 11) is 0. The molecule has 1 aromatic carbocycles. The van der Waals surface area contributed by atoms with Crippen molar-refractivity contribution in [3.63, 3.8) is 0 Å². The Kier molecular flexibility index (Phi) is 1.42. The van der Waals surface area contributed by atoms with E-state index in [-0.39, 0.29) is 0 Å². The number of fused-ring (bicyclic) bond motifs is 1. The zero-order valence-electron chi connectivity index (χ0n) is 6.59. The molecule has 0 aromatic heterocycles. The van der Waals surface area contributed by atoms with Crippen LogP contribution in [0.4, 0.5) is 5.69 Å². The van der Waals surface area contributed by atoms with Gasteiger partial charge in [-0.05, 0) is 18.6 Å².